The lowest BCUT2D eigenvalue weighted by atomic mass is 10.1. The van der Waals surface area contributed by atoms with Gasteiger partial charge in [0, 0.05) is 18.7 Å². The molecule has 1 aromatic heterocycles. The van der Waals surface area contributed by atoms with Gasteiger partial charge in [0.1, 0.15) is 5.52 Å². The molecule has 1 N–H and O–H groups in total. The van der Waals surface area contributed by atoms with E-state index < -0.39 is 4.92 Å². The Balaban J connectivity index is 1.50. The quantitative estimate of drug-likeness (QED) is 0.396. The first-order valence-electron chi connectivity index (χ1n) is 7.60. The number of thioether (sulfide) groups is 1. The van der Waals surface area contributed by atoms with Crippen LogP contribution in [0.5, 0.6) is 0 Å². The monoisotopic (exact) mass is 357 g/mol. The lowest BCUT2D eigenvalue weighted by Crippen LogP contribution is -2.27. The van der Waals surface area contributed by atoms with Gasteiger partial charge in [-0.3, -0.25) is 14.9 Å². The number of hydrogen-bond donors (Lipinski definition) is 1. The summed E-state index contributed by atoms with van der Waals surface area (Å²) in [6.45, 7) is 0.559. The molecule has 0 fully saturated rings. The van der Waals surface area contributed by atoms with Crippen LogP contribution in [0.1, 0.15) is 5.56 Å². The molecule has 25 heavy (non-hydrogen) atoms. The molecule has 3 aromatic rings. The number of nitro groups is 1. The lowest BCUT2D eigenvalue weighted by molar-refractivity contribution is -0.384. The molecule has 0 unspecified atom stereocenters. The van der Waals surface area contributed by atoms with E-state index in [4.69, 9.17) is 4.42 Å². The van der Waals surface area contributed by atoms with E-state index in [0.29, 0.717) is 22.9 Å². The fourth-order valence-corrected chi connectivity index (χ4v) is 2.91. The molecule has 0 atom stereocenters. The Kier molecular flexibility index (Phi) is 5.30. The Morgan fingerprint density at radius 1 is 1.24 bits per heavy atom. The minimum Gasteiger partial charge on any atom is -0.431 e. The smallest absolute Gasteiger partial charge is 0.271 e. The SMILES string of the molecule is O=C(CSc1nc2cc([N+](=O)[O-])ccc2o1)NCCc1ccccc1. The fourth-order valence-electron chi connectivity index (χ4n) is 2.24. The Labute approximate surface area is 147 Å². The van der Waals surface area contributed by atoms with E-state index in [1.807, 2.05) is 30.3 Å². The summed E-state index contributed by atoms with van der Waals surface area (Å²) in [4.78, 5) is 26.3. The van der Waals surface area contributed by atoms with Gasteiger partial charge in [-0.2, -0.15) is 0 Å². The van der Waals surface area contributed by atoms with Gasteiger partial charge in [-0.05, 0) is 18.1 Å². The van der Waals surface area contributed by atoms with Crippen LogP contribution in [0.15, 0.2) is 58.2 Å². The van der Waals surface area contributed by atoms with Crippen LogP contribution in [0.2, 0.25) is 0 Å². The number of nitrogens with zero attached hydrogens (tertiary/aromatic N) is 2. The molecule has 0 aliphatic rings. The van der Waals surface area contributed by atoms with E-state index in [-0.39, 0.29) is 17.3 Å². The summed E-state index contributed by atoms with van der Waals surface area (Å²) in [7, 11) is 0. The van der Waals surface area contributed by atoms with Crippen molar-refractivity contribution in [3.63, 3.8) is 0 Å². The molecule has 8 heteroatoms. The molecule has 0 bridgehead atoms. The molecule has 7 nitrogen and oxygen atoms in total. The summed E-state index contributed by atoms with van der Waals surface area (Å²) in [6.07, 6.45) is 0.768. The third-order valence-corrected chi connectivity index (χ3v) is 4.30. The highest BCUT2D eigenvalue weighted by atomic mass is 32.2. The first kappa shape index (κ1) is 17.0. The van der Waals surface area contributed by atoms with Gasteiger partial charge in [-0.15, -0.1) is 0 Å². The molecule has 0 saturated heterocycles. The number of nitro benzene ring substituents is 1. The van der Waals surface area contributed by atoms with Crippen molar-refractivity contribution >= 4 is 34.5 Å². The molecule has 3 rings (SSSR count). The number of carbonyl (C=O) groups is 1. The van der Waals surface area contributed by atoms with Crippen molar-refractivity contribution in [2.75, 3.05) is 12.3 Å². The van der Waals surface area contributed by atoms with Crippen LogP contribution in [0, 0.1) is 10.1 Å². The maximum Gasteiger partial charge on any atom is 0.271 e. The van der Waals surface area contributed by atoms with Gasteiger partial charge >= 0.3 is 0 Å². The first-order chi connectivity index (χ1) is 12.1. The van der Waals surface area contributed by atoms with Gasteiger partial charge in [-0.1, -0.05) is 42.1 Å². The second-order valence-corrected chi connectivity index (χ2v) is 6.19. The van der Waals surface area contributed by atoms with E-state index in [1.165, 1.54) is 18.2 Å². The molecule has 2 aromatic carbocycles. The Hall–Kier alpha value is -2.87. The van der Waals surface area contributed by atoms with Crippen molar-refractivity contribution < 1.29 is 14.1 Å². The molecule has 0 radical (unpaired) electrons. The second kappa shape index (κ2) is 7.80. The molecule has 128 valence electrons. The molecule has 1 heterocycles. The second-order valence-electron chi connectivity index (χ2n) is 5.26. The average Bonchev–Trinajstić information content (AvgIpc) is 3.03. The number of nitrogens with one attached hydrogen (secondary N) is 1. The normalized spacial score (nSPS) is 10.7. The van der Waals surface area contributed by atoms with Crippen molar-refractivity contribution in [2.24, 2.45) is 0 Å². The van der Waals surface area contributed by atoms with Gasteiger partial charge in [-0.25, -0.2) is 4.98 Å². The number of aromatic nitrogens is 1. The van der Waals surface area contributed by atoms with Crippen LogP contribution in [-0.4, -0.2) is 28.1 Å². The number of rotatable bonds is 7. The molecular formula is C17H15N3O4S. The number of fused-ring (bicyclic) bond motifs is 1. The zero-order chi connectivity index (χ0) is 17.6. The van der Waals surface area contributed by atoms with Crippen molar-refractivity contribution in [3.05, 3.63) is 64.2 Å². The van der Waals surface area contributed by atoms with Crippen LogP contribution in [-0.2, 0) is 11.2 Å². The fraction of sp³-hybridized carbons (Fsp3) is 0.176. The molecule has 0 spiro atoms. The minimum absolute atomic E-state index is 0.0454. The number of benzene rings is 2. The summed E-state index contributed by atoms with van der Waals surface area (Å²) in [5.74, 6) is 0.0538. The largest absolute Gasteiger partial charge is 0.431 e. The van der Waals surface area contributed by atoms with Gasteiger partial charge in [0.05, 0.1) is 10.7 Å². The maximum absolute atomic E-state index is 11.9. The highest BCUT2D eigenvalue weighted by Crippen LogP contribution is 2.26. The molecule has 0 aliphatic carbocycles. The van der Waals surface area contributed by atoms with Gasteiger partial charge < -0.3 is 9.73 Å². The van der Waals surface area contributed by atoms with Crippen LogP contribution in [0.25, 0.3) is 11.1 Å². The van der Waals surface area contributed by atoms with Crippen LogP contribution >= 0.6 is 11.8 Å². The standard InChI is InChI=1S/C17H15N3O4S/c21-16(18-9-8-12-4-2-1-3-5-12)11-25-17-19-14-10-13(20(22)23)6-7-15(14)24-17/h1-7,10H,8-9,11H2,(H,18,21). The number of amides is 1. The molecule has 0 saturated carbocycles. The predicted molar refractivity (Wildman–Crippen MR) is 94.5 cm³/mol. The predicted octanol–water partition coefficient (Wildman–Crippen LogP) is 3.19. The minimum atomic E-state index is -0.485. The van der Waals surface area contributed by atoms with E-state index >= 15 is 0 Å². The van der Waals surface area contributed by atoms with Gasteiger partial charge in [0.15, 0.2) is 5.58 Å². The van der Waals surface area contributed by atoms with E-state index in [2.05, 4.69) is 10.3 Å². The summed E-state index contributed by atoms with van der Waals surface area (Å²) in [5.41, 5.74) is 1.98. The van der Waals surface area contributed by atoms with Crippen LogP contribution < -0.4 is 5.32 Å². The van der Waals surface area contributed by atoms with E-state index in [1.54, 1.807) is 0 Å². The van der Waals surface area contributed by atoms with Crippen molar-refractivity contribution in [3.8, 4) is 0 Å². The number of oxazole rings is 1. The Bertz CT molecular complexity index is 895. The zero-order valence-corrected chi connectivity index (χ0v) is 14.0. The Morgan fingerprint density at radius 2 is 2.04 bits per heavy atom. The van der Waals surface area contributed by atoms with E-state index in [9.17, 15) is 14.9 Å². The highest BCUT2D eigenvalue weighted by molar-refractivity contribution is 7.99. The average molecular weight is 357 g/mol. The van der Waals surface area contributed by atoms with Crippen molar-refractivity contribution in [1.82, 2.24) is 10.3 Å². The van der Waals surface area contributed by atoms with Crippen LogP contribution in [0.4, 0.5) is 5.69 Å². The number of hydrogen-bond acceptors (Lipinski definition) is 6. The topological polar surface area (TPSA) is 98.3 Å². The Morgan fingerprint density at radius 3 is 2.80 bits per heavy atom. The third kappa shape index (κ3) is 4.57. The number of carbonyl (C=O) groups excluding carboxylic acids is 1. The molecule has 0 aliphatic heterocycles. The van der Waals surface area contributed by atoms with Gasteiger partial charge in [0.25, 0.3) is 10.9 Å². The van der Waals surface area contributed by atoms with Gasteiger partial charge in [0.2, 0.25) is 5.91 Å². The van der Waals surface area contributed by atoms with E-state index in [0.717, 1.165) is 23.7 Å². The summed E-state index contributed by atoms with van der Waals surface area (Å²) >= 11 is 1.16. The molecular weight excluding hydrogens is 342 g/mol. The lowest BCUT2D eigenvalue weighted by Gasteiger charge is -2.04. The molecule has 1 amide bonds. The van der Waals surface area contributed by atoms with Crippen molar-refractivity contribution in [1.29, 1.82) is 0 Å². The summed E-state index contributed by atoms with van der Waals surface area (Å²) < 4.78 is 5.48. The number of non-ortho nitro benzene ring substituents is 1. The first-order valence-corrected chi connectivity index (χ1v) is 8.59. The summed E-state index contributed by atoms with van der Waals surface area (Å²) in [5, 5.41) is 13.9. The van der Waals surface area contributed by atoms with Crippen LogP contribution in [0.3, 0.4) is 0 Å². The maximum atomic E-state index is 11.9. The third-order valence-electron chi connectivity index (χ3n) is 3.47. The summed E-state index contributed by atoms with van der Waals surface area (Å²) in [6, 6.07) is 14.1. The van der Waals surface area contributed by atoms with Crippen molar-refractivity contribution in [2.45, 2.75) is 11.6 Å². The highest BCUT2D eigenvalue weighted by Gasteiger charge is 2.13. The zero-order valence-electron chi connectivity index (χ0n) is 13.2.